The Bertz CT molecular complexity index is 682. The second kappa shape index (κ2) is 9.50. The number of aryl methyl sites for hydroxylation is 2. The number of amides is 2. The van der Waals surface area contributed by atoms with Crippen LogP contribution in [0.1, 0.15) is 31.4 Å². The lowest BCUT2D eigenvalue weighted by atomic mass is 10.1. The second-order valence-electron chi connectivity index (χ2n) is 7.48. The Balaban J connectivity index is 1.97. The number of hydrogen-bond donors (Lipinski definition) is 2. The zero-order valence-corrected chi connectivity index (χ0v) is 16.5. The van der Waals surface area contributed by atoms with Gasteiger partial charge in [0.1, 0.15) is 6.04 Å². The maximum atomic E-state index is 12.5. The third-order valence-electron chi connectivity index (χ3n) is 4.23. The van der Waals surface area contributed by atoms with Crippen LogP contribution in [0, 0.1) is 19.8 Å². The molecule has 7 heteroatoms. The van der Waals surface area contributed by atoms with Gasteiger partial charge in [-0.25, -0.2) is 0 Å². The number of anilines is 1. The van der Waals surface area contributed by atoms with Crippen molar-refractivity contribution in [3.63, 3.8) is 0 Å². The molecule has 0 bridgehead atoms. The van der Waals surface area contributed by atoms with E-state index in [1.165, 1.54) is 0 Å². The van der Waals surface area contributed by atoms with E-state index in [-0.39, 0.29) is 30.7 Å². The summed E-state index contributed by atoms with van der Waals surface area (Å²) < 4.78 is 5.18. The first-order chi connectivity index (χ1) is 12.7. The molecule has 0 saturated carbocycles. The predicted octanol–water partition coefficient (Wildman–Crippen LogP) is 1.63. The predicted molar refractivity (Wildman–Crippen MR) is 103 cm³/mol. The minimum atomic E-state index is -0.691. The number of piperazine rings is 1. The first-order valence-corrected chi connectivity index (χ1v) is 9.30. The fraction of sp³-hybridized carbons (Fsp3) is 0.550. The van der Waals surface area contributed by atoms with Crippen molar-refractivity contribution in [1.82, 2.24) is 10.2 Å². The molecule has 27 heavy (non-hydrogen) atoms. The molecular formula is C20H29N3O4. The quantitative estimate of drug-likeness (QED) is 0.708. The molecular weight excluding hydrogens is 346 g/mol. The van der Waals surface area contributed by atoms with Gasteiger partial charge in [0, 0.05) is 18.8 Å². The Hall–Kier alpha value is -2.41. The average Bonchev–Trinajstić information content (AvgIpc) is 2.55. The van der Waals surface area contributed by atoms with Crippen LogP contribution in [0.25, 0.3) is 0 Å². The van der Waals surface area contributed by atoms with Crippen LogP contribution < -0.4 is 10.6 Å². The highest BCUT2D eigenvalue weighted by Gasteiger charge is 2.33. The van der Waals surface area contributed by atoms with Gasteiger partial charge in [-0.05, 0) is 43.0 Å². The van der Waals surface area contributed by atoms with Crippen molar-refractivity contribution in [3.05, 3.63) is 29.3 Å². The summed E-state index contributed by atoms with van der Waals surface area (Å²) in [7, 11) is 0. The summed E-state index contributed by atoms with van der Waals surface area (Å²) in [6.07, 6.45) is -0.0601. The normalized spacial score (nSPS) is 17.5. The van der Waals surface area contributed by atoms with Gasteiger partial charge >= 0.3 is 5.97 Å². The van der Waals surface area contributed by atoms with E-state index < -0.39 is 12.0 Å². The highest BCUT2D eigenvalue weighted by molar-refractivity contribution is 5.93. The van der Waals surface area contributed by atoms with Crippen molar-refractivity contribution >= 4 is 23.5 Å². The highest BCUT2D eigenvalue weighted by atomic mass is 16.5. The number of carbonyl (C=O) groups excluding carboxylic acids is 3. The van der Waals surface area contributed by atoms with Gasteiger partial charge < -0.3 is 15.4 Å². The van der Waals surface area contributed by atoms with E-state index in [0.717, 1.165) is 16.8 Å². The third kappa shape index (κ3) is 6.67. The number of carbonyl (C=O) groups is 3. The lowest BCUT2D eigenvalue weighted by Gasteiger charge is -2.33. The number of hydrogen-bond acceptors (Lipinski definition) is 5. The van der Waals surface area contributed by atoms with Crippen LogP contribution in [0.3, 0.4) is 0 Å². The Morgan fingerprint density at radius 3 is 2.56 bits per heavy atom. The van der Waals surface area contributed by atoms with E-state index >= 15 is 0 Å². The molecule has 1 aliphatic rings. The number of benzene rings is 1. The molecule has 7 nitrogen and oxygen atoms in total. The van der Waals surface area contributed by atoms with Crippen LogP contribution in [-0.2, 0) is 19.1 Å². The Labute approximate surface area is 160 Å². The summed E-state index contributed by atoms with van der Waals surface area (Å²) in [5, 5.41) is 5.62. The van der Waals surface area contributed by atoms with Gasteiger partial charge in [-0.1, -0.05) is 19.9 Å². The minimum absolute atomic E-state index is 0.0442. The number of nitrogens with zero attached hydrogens (tertiary/aromatic N) is 1. The summed E-state index contributed by atoms with van der Waals surface area (Å²) in [6, 6.07) is 5.13. The molecule has 0 aromatic heterocycles. The van der Waals surface area contributed by atoms with Gasteiger partial charge in [0.25, 0.3) is 0 Å². The summed E-state index contributed by atoms with van der Waals surface area (Å²) in [6.45, 7) is 9.16. The van der Waals surface area contributed by atoms with Crippen molar-refractivity contribution in [3.8, 4) is 0 Å². The van der Waals surface area contributed by atoms with Crippen LogP contribution in [0.2, 0.25) is 0 Å². The molecule has 0 radical (unpaired) electrons. The zero-order valence-electron chi connectivity index (χ0n) is 16.5. The van der Waals surface area contributed by atoms with Crippen molar-refractivity contribution in [2.75, 3.05) is 31.6 Å². The van der Waals surface area contributed by atoms with Crippen molar-refractivity contribution in [2.45, 2.75) is 40.2 Å². The first kappa shape index (κ1) is 20.9. The molecule has 1 aromatic carbocycles. The number of rotatable bonds is 7. The molecule has 1 atom stereocenters. The van der Waals surface area contributed by atoms with Crippen molar-refractivity contribution in [1.29, 1.82) is 0 Å². The second-order valence-corrected chi connectivity index (χ2v) is 7.48. The van der Waals surface area contributed by atoms with Crippen LogP contribution in [0.15, 0.2) is 18.2 Å². The van der Waals surface area contributed by atoms with Gasteiger partial charge in [-0.3, -0.25) is 19.3 Å². The molecule has 1 fully saturated rings. The molecule has 0 aliphatic carbocycles. The van der Waals surface area contributed by atoms with E-state index in [4.69, 9.17) is 4.74 Å². The SMILES string of the molecule is Cc1cc(C)cc(NC(=O)CN2CCNC(=O)C2CC(=O)OCC(C)C)c1. The summed E-state index contributed by atoms with van der Waals surface area (Å²) in [5.74, 6) is -0.656. The monoisotopic (exact) mass is 375 g/mol. The van der Waals surface area contributed by atoms with Gasteiger partial charge in [0.15, 0.2) is 0 Å². The Morgan fingerprint density at radius 1 is 1.26 bits per heavy atom. The first-order valence-electron chi connectivity index (χ1n) is 9.30. The smallest absolute Gasteiger partial charge is 0.307 e. The average molecular weight is 375 g/mol. The standard InChI is InChI=1S/C20H29N3O4/c1-13(2)12-27-19(25)10-17-20(26)21-5-6-23(17)11-18(24)22-16-8-14(3)7-15(4)9-16/h7-9,13,17H,5-6,10-12H2,1-4H3,(H,21,26)(H,22,24). The molecule has 0 spiro atoms. The van der Waals surface area contributed by atoms with Gasteiger partial charge in [-0.15, -0.1) is 0 Å². The summed E-state index contributed by atoms with van der Waals surface area (Å²) >= 11 is 0. The van der Waals surface area contributed by atoms with E-state index in [0.29, 0.717) is 19.7 Å². The molecule has 1 aromatic rings. The van der Waals surface area contributed by atoms with Crippen molar-refractivity contribution < 1.29 is 19.1 Å². The molecule has 148 valence electrons. The fourth-order valence-corrected chi connectivity index (χ4v) is 3.08. The summed E-state index contributed by atoms with van der Waals surface area (Å²) in [4.78, 5) is 38.4. The largest absolute Gasteiger partial charge is 0.465 e. The lowest BCUT2D eigenvalue weighted by molar-refractivity contribution is -0.149. The van der Waals surface area contributed by atoms with Gasteiger partial charge in [0.2, 0.25) is 11.8 Å². The Morgan fingerprint density at radius 2 is 1.93 bits per heavy atom. The van der Waals surface area contributed by atoms with Crippen molar-refractivity contribution in [2.24, 2.45) is 5.92 Å². The maximum absolute atomic E-state index is 12.5. The number of nitrogens with one attached hydrogen (secondary N) is 2. The highest BCUT2D eigenvalue weighted by Crippen LogP contribution is 2.15. The van der Waals surface area contributed by atoms with Crippen LogP contribution in [-0.4, -0.2) is 55.0 Å². The maximum Gasteiger partial charge on any atom is 0.307 e. The molecule has 1 saturated heterocycles. The van der Waals surface area contributed by atoms with E-state index in [1.54, 1.807) is 4.90 Å². The Kier molecular flexibility index (Phi) is 7.36. The lowest BCUT2D eigenvalue weighted by Crippen LogP contribution is -2.57. The van der Waals surface area contributed by atoms with E-state index in [2.05, 4.69) is 10.6 Å². The molecule has 1 unspecified atom stereocenters. The van der Waals surface area contributed by atoms with Gasteiger partial charge in [-0.2, -0.15) is 0 Å². The molecule has 2 rings (SSSR count). The van der Waals surface area contributed by atoms with Gasteiger partial charge in [0.05, 0.1) is 19.6 Å². The molecule has 2 amide bonds. The molecule has 1 heterocycles. The minimum Gasteiger partial charge on any atom is -0.465 e. The zero-order chi connectivity index (χ0) is 20.0. The molecule has 2 N–H and O–H groups in total. The van der Waals surface area contributed by atoms with Crippen LogP contribution in [0.4, 0.5) is 5.69 Å². The third-order valence-corrected chi connectivity index (χ3v) is 4.23. The number of esters is 1. The fourth-order valence-electron chi connectivity index (χ4n) is 3.08. The summed E-state index contributed by atoms with van der Waals surface area (Å²) in [5.41, 5.74) is 2.86. The number of ether oxygens (including phenoxy) is 1. The molecule has 1 aliphatic heterocycles. The van der Waals surface area contributed by atoms with Crippen LogP contribution in [0.5, 0.6) is 0 Å². The van der Waals surface area contributed by atoms with Crippen LogP contribution >= 0.6 is 0 Å². The topological polar surface area (TPSA) is 87.7 Å². The van der Waals surface area contributed by atoms with E-state index in [1.807, 2.05) is 45.9 Å². The van der Waals surface area contributed by atoms with E-state index in [9.17, 15) is 14.4 Å².